The van der Waals surface area contributed by atoms with E-state index in [0.29, 0.717) is 43.0 Å². The molecule has 1 fully saturated rings. The molecule has 1 aliphatic carbocycles. The fourth-order valence-corrected chi connectivity index (χ4v) is 5.22. The van der Waals surface area contributed by atoms with Crippen molar-refractivity contribution in [1.29, 1.82) is 5.26 Å². The van der Waals surface area contributed by atoms with Gasteiger partial charge in [-0.3, -0.25) is 9.59 Å². The fraction of sp³-hybridized carbons (Fsp3) is 0.310. The topological polar surface area (TPSA) is 122 Å². The number of aryl methyl sites for hydroxylation is 1. The van der Waals surface area contributed by atoms with Crippen LogP contribution in [0.15, 0.2) is 54.6 Å². The molecule has 37 heavy (non-hydrogen) atoms. The van der Waals surface area contributed by atoms with E-state index >= 15 is 0 Å². The number of carboxylic acid groups (broad SMARTS) is 1. The second kappa shape index (κ2) is 9.94. The van der Waals surface area contributed by atoms with Crippen LogP contribution in [0, 0.1) is 17.2 Å². The molecule has 0 radical (unpaired) electrons. The molecule has 0 bridgehead atoms. The number of amides is 1. The third-order valence-corrected chi connectivity index (χ3v) is 7.28. The van der Waals surface area contributed by atoms with Crippen molar-refractivity contribution in [1.82, 2.24) is 4.98 Å². The molecule has 1 aliphatic heterocycles. The fourth-order valence-electron chi connectivity index (χ4n) is 5.22. The average molecular weight is 498 g/mol. The van der Waals surface area contributed by atoms with Crippen LogP contribution in [0.25, 0.3) is 11.3 Å². The minimum absolute atomic E-state index is 0.0421. The monoisotopic (exact) mass is 497 g/mol. The summed E-state index contributed by atoms with van der Waals surface area (Å²) >= 11 is 0. The van der Waals surface area contributed by atoms with Crippen LogP contribution < -0.4 is 14.8 Å². The van der Waals surface area contributed by atoms with Crippen LogP contribution in [0.2, 0.25) is 0 Å². The Morgan fingerprint density at radius 1 is 1.24 bits per heavy atom. The Labute approximate surface area is 214 Å². The maximum absolute atomic E-state index is 13.5. The molecular weight excluding hydrogens is 470 g/mol. The molecule has 2 aliphatic rings. The summed E-state index contributed by atoms with van der Waals surface area (Å²) in [6.45, 7) is 0.540. The van der Waals surface area contributed by atoms with Gasteiger partial charge in [0.1, 0.15) is 5.75 Å². The Hall–Kier alpha value is -4.38. The minimum atomic E-state index is -0.860. The number of aliphatic carboxylic acids is 1. The average Bonchev–Trinajstić information content (AvgIpc) is 3.64. The van der Waals surface area contributed by atoms with E-state index in [2.05, 4.69) is 22.4 Å². The van der Waals surface area contributed by atoms with E-state index in [4.69, 9.17) is 14.6 Å². The van der Waals surface area contributed by atoms with Crippen molar-refractivity contribution in [3.63, 3.8) is 0 Å². The number of rotatable bonds is 8. The highest BCUT2D eigenvalue weighted by atomic mass is 16.5. The summed E-state index contributed by atoms with van der Waals surface area (Å²) in [7, 11) is 1.58. The number of carboxylic acids is 1. The van der Waals surface area contributed by atoms with E-state index in [1.165, 1.54) is 0 Å². The zero-order chi connectivity index (χ0) is 26.0. The second-order valence-electron chi connectivity index (χ2n) is 9.51. The van der Waals surface area contributed by atoms with E-state index in [0.717, 1.165) is 34.6 Å². The van der Waals surface area contributed by atoms with Gasteiger partial charge in [0.25, 0.3) is 0 Å². The maximum Gasteiger partial charge on any atom is 0.303 e. The van der Waals surface area contributed by atoms with Crippen LogP contribution in [0.3, 0.4) is 0 Å². The van der Waals surface area contributed by atoms with Gasteiger partial charge in [-0.05, 0) is 67.6 Å². The summed E-state index contributed by atoms with van der Waals surface area (Å²) in [6.07, 6.45) is 2.42. The number of carbonyl (C=O) groups is 2. The number of benzene rings is 2. The first kappa shape index (κ1) is 24.3. The summed E-state index contributed by atoms with van der Waals surface area (Å²) in [6, 6.07) is 18.8. The first-order valence-corrected chi connectivity index (χ1v) is 12.3. The lowest BCUT2D eigenvalue weighted by atomic mass is 9.86. The smallest absolute Gasteiger partial charge is 0.303 e. The number of nitriles is 1. The van der Waals surface area contributed by atoms with Crippen molar-refractivity contribution in [2.45, 2.75) is 37.5 Å². The highest BCUT2D eigenvalue weighted by Crippen LogP contribution is 2.61. The lowest BCUT2D eigenvalue weighted by Crippen LogP contribution is -2.27. The summed E-state index contributed by atoms with van der Waals surface area (Å²) in [5, 5.41) is 21.4. The van der Waals surface area contributed by atoms with E-state index < -0.39 is 5.97 Å². The van der Waals surface area contributed by atoms with Gasteiger partial charge in [-0.1, -0.05) is 12.1 Å². The summed E-state index contributed by atoms with van der Waals surface area (Å²) < 4.78 is 11.2. The SMILES string of the molecule is COc1cccc(-c2ccc3c(c2)[C@]2(CCO3)C[C@H]2C(=O)Nc2cc(C#N)ccc2CCCC(=O)O)n1. The third-order valence-electron chi connectivity index (χ3n) is 7.28. The number of nitrogens with one attached hydrogen (secondary N) is 1. The lowest BCUT2D eigenvalue weighted by molar-refractivity contribution is -0.137. The molecule has 188 valence electrons. The number of nitrogens with zero attached hydrogens (tertiary/aromatic N) is 2. The van der Waals surface area contributed by atoms with Crippen molar-refractivity contribution in [2.75, 3.05) is 19.0 Å². The molecule has 1 spiro atoms. The van der Waals surface area contributed by atoms with Gasteiger partial charge in [0.15, 0.2) is 0 Å². The quantitative estimate of drug-likeness (QED) is 0.462. The molecule has 2 aromatic carbocycles. The lowest BCUT2D eigenvalue weighted by Gasteiger charge is -2.27. The van der Waals surface area contributed by atoms with Crippen molar-refractivity contribution in [3.05, 3.63) is 71.3 Å². The molecule has 8 heteroatoms. The van der Waals surface area contributed by atoms with Crippen LogP contribution in [0.1, 0.15) is 42.4 Å². The Morgan fingerprint density at radius 2 is 2.11 bits per heavy atom. The molecule has 1 amide bonds. The number of ether oxygens (including phenoxy) is 2. The molecule has 2 atom stereocenters. The number of pyridine rings is 1. The number of aromatic nitrogens is 1. The van der Waals surface area contributed by atoms with Crippen molar-refractivity contribution in [3.8, 4) is 29.0 Å². The summed E-state index contributed by atoms with van der Waals surface area (Å²) in [5.41, 5.74) is 4.23. The zero-order valence-electron chi connectivity index (χ0n) is 20.5. The Kier molecular flexibility index (Phi) is 6.53. The number of methoxy groups -OCH3 is 1. The number of anilines is 1. The van der Waals surface area contributed by atoms with Crippen LogP contribution in [0.5, 0.6) is 11.6 Å². The van der Waals surface area contributed by atoms with E-state index in [-0.39, 0.29) is 23.7 Å². The zero-order valence-corrected chi connectivity index (χ0v) is 20.5. The highest BCUT2D eigenvalue weighted by molar-refractivity contribution is 5.97. The van der Waals surface area contributed by atoms with Crippen LogP contribution in [-0.4, -0.2) is 35.7 Å². The largest absolute Gasteiger partial charge is 0.493 e. The van der Waals surface area contributed by atoms with E-state index in [1.54, 1.807) is 31.4 Å². The molecular formula is C29H27N3O5. The van der Waals surface area contributed by atoms with E-state index in [9.17, 15) is 14.9 Å². The van der Waals surface area contributed by atoms with Crippen molar-refractivity contribution in [2.24, 2.45) is 5.92 Å². The Morgan fingerprint density at radius 3 is 2.89 bits per heavy atom. The summed E-state index contributed by atoms with van der Waals surface area (Å²) in [4.78, 5) is 29.0. The van der Waals surface area contributed by atoms with Crippen LogP contribution in [-0.2, 0) is 21.4 Å². The van der Waals surface area contributed by atoms with Gasteiger partial charge in [-0.25, -0.2) is 4.98 Å². The number of hydrogen-bond donors (Lipinski definition) is 2. The highest BCUT2D eigenvalue weighted by Gasteiger charge is 2.61. The van der Waals surface area contributed by atoms with Gasteiger partial charge in [0.05, 0.1) is 31.0 Å². The normalized spacial score (nSPS) is 19.3. The van der Waals surface area contributed by atoms with Gasteiger partial charge in [0, 0.05) is 40.6 Å². The number of fused-ring (bicyclic) bond motifs is 2. The molecule has 2 heterocycles. The Balaban J connectivity index is 1.39. The molecule has 2 N–H and O–H groups in total. The van der Waals surface area contributed by atoms with Gasteiger partial charge < -0.3 is 19.9 Å². The Bertz CT molecular complexity index is 1410. The standard InChI is InChI=1S/C29H27N3O5/c1-36-26-6-3-5-23(31-26)20-10-11-25-21(15-20)29(12-13-37-25)16-22(29)28(35)32-24-14-18(17-30)8-9-19(24)4-2-7-27(33)34/h3,5-6,8-11,14-15,22H,2,4,7,12-13,16H2,1H3,(H,32,35)(H,33,34)/t22-,29-/m0/s1. The van der Waals surface area contributed by atoms with Crippen molar-refractivity contribution >= 4 is 17.6 Å². The van der Waals surface area contributed by atoms with Gasteiger partial charge in [-0.2, -0.15) is 5.26 Å². The van der Waals surface area contributed by atoms with Crippen molar-refractivity contribution < 1.29 is 24.2 Å². The minimum Gasteiger partial charge on any atom is -0.493 e. The molecule has 1 aromatic heterocycles. The third kappa shape index (κ3) is 4.85. The molecule has 3 aromatic rings. The van der Waals surface area contributed by atoms with Crippen LogP contribution in [0.4, 0.5) is 5.69 Å². The van der Waals surface area contributed by atoms with E-state index in [1.807, 2.05) is 24.3 Å². The molecule has 8 nitrogen and oxygen atoms in total. The van der Waals surface area contributed by atoms with Gasteiger partial charge >= 0.3 is 5.97 Å². The maximum atomic E-state index is 13.5. The predicted molar refractivity (Wildman–Crippen MR) is 136 cm³/mol. The first-order chi connectivity index (χ1) is 17.9. The van der Waals surface area contributed by atoms with Gasteiger partial charge in [-0.15, -0.1) is 0 Å². The molecule has 1 saturated carbocycles. The molecule has 5 rings (SSSR count). The number of carbonyl (C=O) groups excluding carboxylic acids is 1. The summed E-state index contributed by atoms with van der Waals surface area (Å²) in [5.74, 6) is 0.118. The second-order valence-corrected chi connectivity index (χ2v) is 9.51. The first-order valence-electron chi connectivity index (χ1n) is 12.3. The van der Waals surface area contributed by atoms with Crippen LogP contribution >= 0.6 is 0 Å². The predicted octanol–water partition coefficient (Wildman–Crippen LogP) is 4.72. The molecule has 0 unspecified atom stereocenters. The number of hydrogen-bond acceptors (Lipinski definition) is 6. The van der Waals surface area contributed by atoms with Gasteiger partial charge in [0.2, 0.25) is 11.8 Å². The molecule has 0 saturated heterocycles.